The van der Waals surface area contributed by atoms with E-state index in [1.807, 2.05) is 0 Å². The second-order valence-corrected chi connectivity index (χ2v) is 8.31. The van der Waals surface area contributed by atoms with Crippen LogP contribution in [0.25, 0.3) is 0 Å². The highest BCUT2D eigenvalue weighted by Gasteiger charge is 2.31. The van der Waals surface area contributed by atoms with Crippen molar-refractivity contribution in [1.29, 1.82) is 0 Å². The van der Waals surface area contributed by atoms with E-state index in [1.165, 1.54) is 38.5 Å². The molecular formula is C23H48O2. The predicted molar refractivity (Wildman–Crippen MR) is 111 cm³/mol. The topological polar surface area (TPSA) is 18.5 Å². The van der Waals surface area contributed by atoms with Crippen LogP contribution in [0.4, 0.5) is 0 Å². The molecule has 25 heavy (non-hydrogen) atoms. The highest BCUT2D eigenvalue weighted by atomic mass is 16.5. The molecule has 0 rings (SSSR count). The summed E-state index contributed by atoms with van der Waals surface area (Å²) in [6.45, 7) is 21.8. The van der Waals surface area contributed by atoms with Crippen molar-refractivity contribution in [2.75, 3.05) is 26.4 Å². The fourth-order valence-electron chi connectivity index (χ4n) is 3.78. The number of hydrogen-bond donors (Lipinski definition) is 0. The Labute approximate surface area is 159 Å². The van der Waals surface area contributed by atoms with Crippen LogP contribution in [0.1, 0.15) is 107 Å². The molecule has 2 nitrogen and oxygen atoms in total. The summed E-state index contributed by atoms with van der Waals surface area (Å²) in [4.78, 5) is 0. The van der Waals surface area contributed by atoms with Gasteiger partial charge in [-0.1, -0.05) is 55.4 Å². The first-order valence-electron chi connectivity index (χ1n) is 11.1. The Kier molecular flexibility index (Phi) is 12.3. The number of ether oxygens (including phenoxy) is 2. The van der Waals surface area contributed by atoms with Crippen molar-refractivity contribution in [2.45, 2.75) is 107 Å². The highest BCUT2D eigenvalue weighted by molar-refractivity contribution is 4.80. The Morgan fingerprint density at radius 2 is 0.560 bits per heavy atom. The standard InChI is InChI=1S/C23H48O2/c1-9-21(10-2,11-3)17-24-19-23(15-7,16-8)20-25-18-22(12-4,13-5)14-6/h9-20H2,1-8H3. The van der Waals surface area contributed by atoms with Gasteiger partial charge in [-0.15, -0.1) is 0 Å². The lowest BCUT2D eigenvalue weighted by Crippen LogP contribution is -2.36. The van der Waals surface area contributed by atoms with Gasteiger partial charge in [-0.25, -0.2) is 0 Å². The first kappa shape index (κ1) is 24.9. The zero-order valence-corrected chi connectivity index (χ0v) is 18.8. The van der Waals surface area contributed by atoms with E-state index in [0.29, 0.717) is 10.8 Å². The van der Waals surface area contributed by atoms with Gasteiger partial charge in [-0.2, -0.15) is 0 Å². The first-order valence-corrected chi connectivity index (χ1v) is 11.1. The van der Waals surface area contributed by atoms with Gasteiger partial charge in [0.25, 0.3) is 0 Å². The van der Waals surface area contributed by atoms with Gasteiger partial charge >= 0.3 is 0 Å². The summed E-state index contributed by atoms with van der Waals surface area (Å²) in [5, 5.41) is 0. The van der Waals surface area contributed by atoms with Crippen LogP contribution in [0, 0.1) is 16.2 Å². The van der Waals surface area contributed by atoms with Crippen LogP contribution in [0.5, 0.6) is 0 Å². The molecule has 0 bridgehead atoms. The summed E-state index contributed by atoms with van der Waals surface area (Å²) in [5.74, 6) is 0. The Morgan fingerprint density at radius 3 is 0.760 bits per heavy atom. The van der Waals surface area contributed by atoms with Gasteiger partial charge in [-0.05, 0) is 62.2 Å². The lowest BCUT2D eigenvalue weighted by Gasteiger charge is -2.37. The maximum absolute atomic E-state index is 6.30. The summed E-state index contributed by atoms with van der Waals surface area (Å²) in [7, 11) is 0. The molecular weight excluding hydrogens is 308 g/mol. The summed E-state index contributed by atoms with van der Waals surface area (Å²) < 4.78 is 12.6. The van der Waals surface area contributed by atoms with Gasteiger partial charge in [0.1, 0.15) is 0 Å². The molecule has 152 valence electrons. The molecule has 0 aliphatic rings. The predicted octanol–water partition coefficient (Wildman–Crippen LogP) is 7.26. The zero-order valence-electron chi connectivity index (χ0n) is 18.8. The summed E-state index contributed by atoms with van der Waals surface area (Å²) in [5.41, 5.74) is 0.883. The number of rotatable bonds is 16. The van der Waals surface area contributed by atoms with Gasteiger partial charge in [0.15, 0.2) is 0 Å². The Balaban J connectivity index is 4.69. The van der Waals surface area contributed by atoms with Gasteiger partial charge < -0.3 is 9.47 Å². The van der Waals surface area contributed by atoms with Gasteiger partial charge in [-0.3, -0.25) is 0 Å². The fourth-order valence-corrected chi connectivity index (χ4v) is 3.78. The Bertz CT molecular complexity index is 268. The third kappa shape index (κ3) is 7.21. The van der Waals surface area contributed by atoms with Crippen molar-refractivity contribution in [3.8, 4) is 0 Å². The van der Waals surface area contributed by atoms with E-state index in [0.717, 1.165) is 39.3 Å². The minimum Gasteiger partial charge on any atom is -0.380 e. The molecule has 0 saturated carbocycles. The molecule has 0 radical (unpaired) electrons. The van der Waals surface area contributed by atoms with Crippen LogP contribution in [0.3, 0.4) is 0 Å². The average Bonchev–Trinajstić information content (AvgIpc) is 2.68. The van der Waals surface area contributed by atoms with Crippen LogP contribution >= 0.6 is 0 Å². The molecule has 0 aromatic rings. The molecule has 0 fully saturated rings. The van der Waals surface area contributed by atoms with Crippen LogP contribution in [-0.4, -0.2) is 26.4 Å². The fraction of sp³-hybridized carbons (Fsp3) is 1.00. The molecule has 0 aliphatic carbocycles. The first-order chi connectivity index (χ1) is 11.9. The Hall–Kier alpha value is -0.0800. The minimum absolute atomic E-state index is 0.169. The van der Waals surface area contributed by atoms with E-state index in [1.54, 1.807) is 0 Å². The normalized spacial score (nSPS) is 13.4. The van der Waals surface area contributed by atoms with Crippen LogP contribution < -0.4 is 0 Å². The second-order valence-electron chi connectivity index (χ2n) is 8.31. The zero-order chi connectivity index (χ0) is 19.4. The highest BCUT2D eigenvalue weighted by Crippen LogP contribution is 2.35. The summed E-state index contributed by atoms with van der Waals surface area (Å²) in [6, 6.07) is 0. The average molecular weight is 357 g/mol. The van der Waals surface area contributed by atoms with Crippen molar-refractivity contribution in [3.05, 3.63) is 0 Å². The molecule has 0 spiro atoms. The van der Waals surface area contributed by atoms with Crippen molar-refractivity contribution >= 4 is 0 Å². The number of hydrogen-bond acceptors (Lipinski definition) is 2. The molecule has 2 heteroatoms. The van der Waals surface area contributed by atoms with E-state index in [2.05, 4.69) is 55.4 Å². The molecule has 0 unspecified atom stereocenters. The lowest BCUT2D eigenvalue weighted by atomic mass is 9.80. The molecule has 0 aliphatic heterocycles. The molecule has 0 amide bonds. The van der Waals surface area contributed by atoms with Gasteiger partial charge in [0.2, 0.25) is 0 Å². The van der Waals surface area contributed by atoms with Gasteiger partial charge in [0.05, 0.1) is 26.4 Å². The largest absolute Gasteiger partial charge is 0.380 e. The van der Waals surface area contributed by atoms with Crippen molar-refractivity contribution in [2.24, 2.45) is 16.2 Å². The van der Waals surface area contributed by atoms with Crippen molar-refractivity contribution in [1.82, 2.24) is 0 Å². The monoisotopic (exact) mass is 356 g/mol. The summed E-state index contributed by atoms with van der Waals surface area (Å²) >= 11 is 0. The molecule has 0 heterocycles. The third-order valence-electron chi connectivity index (χ3n) is 7.63. The second kappa shape index (κ2) is 12.3. The molecule has 0 N–H and O–H groups in total. The quantitative estimate of drug-likeness (QED) is 0.290. The molecule has 0 aromatic carbocycles. The summed E-state index contributed by atoms with van der Waals surface area (Å²) in [6.07, 6.45) is 9.46. The lowest BCUT2D eigenvalue weighted by molar-refractivity contribution is -0.0693. The van der Waals surface area contributed by atoms with E-state index in [-0.39, 0.29) is 5.41 Å². The maximum Gasteiger partial charge on any atom is 0.0544 e. The van der Waals surface area contributed by atoms with Gasteiger partial charge in [0, 0.05) is 5.41 Å². The van der Waals surface area contributed by atoms with E-state index in [9.17, 15) is 0 Å². The van der Waals surface area contributed by atoms with E-state index >= 15 is 0 Å². The third-order valence-corrected chi connectivity index (χ3v) is 7.63. The molecule has 0 saturated heterocycles. The van der Waals surface area contributed by atoms with E-state index < -0.39 is 0 Å². The molecule has 0 aromatic heterocycles. The SMILES string of the molecule is CCC(CC)(CC)COCC(CC)(CC)COCC(CC)(CC)CC. The van der Waals surface area contributed by atoms with Crippen molar-refractivity contribution in [3.63, 3.8) is 0 Å². The molecule has 0 atom stereocenters. The van der Waals surface area contributed by atoms with E-state index in [4.69, 9.17) is 9.47 Å². The maximum atomic E-state index is 6.30. The van der Waals surface area contributed by atoms with Crippen molar-refractivity contribution < 1.29 is 9.47 Å². The smallest absolute Gasteiger partial charge is 0.0544 e. The minimum atomic E-state index is 0.169. The van der Waals surface area contributed by atoms with Crippen LogP contribution in [0.15, 0.2) is 0 Å². The van der Waals surface area contributed by atoms with Crippen LogP contribution in [-0.2, 0) is 9.47 Å². The van der Waals surface area contributed by atoms with Crippen LogP contribution in [0.2, 0.25) is 0 Å². The Morgan fingerprint density at radius 1 is 0.360 bits per heavy atom.